The van der Waals surface area contributed by atoms with Gasteiger partial charge in [0.2, 0.25) is 0 Å². The number of nitrogens with zero attached hydrogens (tertiary/aromatic N) is 1. The van der Waals surface area contributed by atoms with Gasteiger partial charge in [-0.1, -0.05) is 6.42 Å². The van der Waals surface area contributed by atoms with Gasteiger partial charge < -0.3 is 10.6 Å². The predicted molar refractivity (Wildman–Crippen MR) is 55.5 cm³/mol. The molecule has 0 aliphatic heterocycles. The molecule has 3 atom stereocenters. The number of nitrogens with two attached hydrogens (primary N) is 1. The highest BCUT2D eigenvalue weighted by atomic mass is 15.1. The van der Waals surface area contributed by atoms with Crippen molar-refractivity contribution < 1.29 is 0 Å². The fourth-order valence-corrected chi connectivity index (χ4v) is 3.26. The average molecular weight is 182 g/mol. The third-order valence-electron chi connectivity index (χ3n) is 3.98. The summed E-state index contributed by atoms with van der Waals surface area (Å²) in [5.74, 6) is 2.09. The molecule has 2 N–H and O–H groups in total. The molecule has 0 radical (unpaired) electrons. The summed E-state index contributed by atoms with van der Waals surface area (Å²) in [5.41, 5.74) is 5.52. The van der Waals surface area contributed by atoms with E-state index in [9.17, 15) is 0 Å². The molecule has 2 nitrogen and oxygen atoms in total. The number of rotatable bonds is 4. The Kier molecular flexibility index (Phi) is 2.89. The van der Waals surface area contributed by atoms with Crippen molar-refractivity contribution in [2.24, 2.45) is 17.6 Å². The van der Waals surface area contributed by atoms with E-state index in [0.29, 0.717) is 0 Å². The molecule has 2 aliphatic rings. The second-order valence-electron chi connectivity index (χ2n) is 4.87. The number of hydrogen-bond acceptors (Lipinski definition) is 2. The minimum atomic E-state index is 0.838. The van der Waals surface area contributed by atoms with Crippen LogP contribution in [0.4, 0.5) is 0 Å². The van der Waals surface area contributed by atoms with Gasteiger partial charge in [-0.2, -0.15) is 0 Å². The summed E-state index contributed by atoms with van der Waals surface area (Å²) in [6.07, 6.45) is 7.13. The SMILES string of the molecule is CN(CCCN)C1CC2CCC1C2. The molecular formula is C11H22N2. The summed E-state index contributed by atoms with van der Waals surface area (Å²) in [7, 11) is 2.28. The topological polar surface area (TPSA) is 29.3 Å². The first kappa shape index (κ1) is 9.47. The smallest absolute Gasteiger partial charge is 0.0123 e. The minimum absolute atomic E-state index is 0.838. The molecule has 0 aromatic rings. The molecule has 2 heteroatoms. The summed E-state index contributed by atoms with van der Waals surface area (Å²) in [6.45, 7) is 2.04. The molecule has 2 rings (SSSR count). The maximum Gasteiger partial charge on any atom is 0.0123 e. The Morgan fingerprint density at radius 2 is 2.15 bits per heavy atom. The first-order chi connectivity index (χ1) is 6.31. The highest BCUT2D eigenvalue weighted by Crippen LogP contribution is 2.46. The average Bonchev–Trinajstić information content (AvgIpc) is 2.74. The summed E-state index contributed by atoms with van der Waals surface area (Å²) < 4.78 is 0. The van der Waals surface area contributed by atoms with Crippen LogP contribution in [0, 0.1) is 11.8 Å². The second-order valence-corrected chi connectivity index (χ2v) is 4.87. The third-order valence-corrected chi connectivity index (χ3v) is 3.98. The van der Waals surface area contributed by atoms with Gasteiger partial charge in [-0.15, -0.1) is 0 Å². The molecule has 2 fully saturated rings. The van der Waals surface area contributed by atoms with Crippen molar-refractivity contribution in [2.45, 2.75) is 38.1 Å². The summed E-state index contributed by atoms with van der Waals surface area (Å²) in [6, 6.07) is 0.894. The van der Waals surface area contributed by atoms with Crippen LogP contribution in [0.1, 0.15) is 32.1 Å². The van der Waals surface area contributed by atoms with E-state index in [0.717, 1.165) is 30.8 Å². The maximum absolute atomic E-state index is 5.52. The molecule has 2 saturated carbocycles. The Hall–Kier alpha value is -0.0800. The van der Waals surface area contributed by atoms with Crippen molar-refractivity contribution in [1.29, 1.82) is 0 Å². The van der Waals surface area contributed by atoms with Crippen LogP contribution in [-0.2, 0) is 0 Å². The monoisotopic (exact) mass is 182 g/mol. The fraction of sp³-hybridized carbons (Fsp3) is 1.00. The Labute approximate surface area is 81.5 Å². The van der Waals surface area contributed by atoms with Crippen LogP contribution in [0.2, 0.25) is 0 Å². The Morgan fingerprint density at radius 3 is 2.69 bits per heavy atom. The van der Waals surface area contributed by atoms with Crippen molar-refractivity contribution >= 4 is 0 Å². The third kappa shape index (κ3) is 1.89. The van der Waals surface area contributed by atoms with E-state index in [1.165, 1.54) is 32.2 Å². The van der Waals surface area contributed by atoms with Crippen LogP contribution in [0.25, 0.3) is 0 Å². The van der Waals surface area contributed by atoms with E-state index >= 15 is 0 Å². The van der Waals surface area contributed by atoms with Crippen molar-refractivity contribution in [3.05, 3.63) is 0 Å². The molecule has 0 spiro atoms. The Bertz CT molecular complexity index is 169. The van der Waals surface area contributed by atoms with Gasteiger partial charge in [-0.25, -0.2) is 0 Å². The van der Waals surface area contributed by atoms with Gasteiger partial charge in [0.25, 0.3) is 0 Å². The van der Waals surface area contributed by atoms with E-state index in [2.05, 4.69) is 11.9 Å². The zero-order valence-electron chi connectivity index (χ0n) is 8.71. The van der Waals surface area contributed by atoms with E-state index in [-0.39, 0.29) is 0 Å². The van der Waals surface area contributed by atoms with Crippen LogP contribution >= 0.6 is 0 Å². The molecule has 3 unspecified atom stereocenters. The molecule has 2 aliphatic carbocycles. The molecule has 0 amide bonds. The lowest BCUT2D eigenvalue weighted by Crippen LogP contribution is -2.37. The normalized spacial score (nSPS) is 37.6. The van der Waals surface area contributed by atoms with Crippen molar-refractivity contribution in [2.75, 3.05) is 20.1 Å². The second kappa shape index (κ2) is 3.97. The lowest BCUT2D eigenvalue weighted by atomic mass is 9.94. The van der Waals surface area contributed by atoms with Crippen LogP contribution in [0.3, 0.4) is 0 Å². The van der Waals surface area contributed by atoms with Gasteiger partial charge >= 0.3 is 0 Å². The van der Waals surface area contributed by atoms with Crippen LogP contribution < -0.4 is 5.73 Å². The minimum Gasteiger partial charge on any atom is -0.330 e. The zero-order valence-corrected chi connectivity index (χ0v) is 8.71. The highest BCUT2D eigenvalue weighted by Gasteiger charge is 2.40. The van der Waals surface area contributed by atoms with Gasteiger partial charge in [0.05, 0.1) is 0 Å². The van der Waals surface area contributed by atoms with E-state index in [4.69, 9.17) is 5.73 Å². The predicted octanol–water partition coefficient (Wildman–Crippen LogP) is 1.46. The Balaban J connectivity index is 1.80. The maximum atomic E-state index is 5.52. The number of fused-ring (bicyclic) bond motifs is 2. The van der Waals surface area contributed by atoms with Gasteiger partial charge in [0.1, 0.15) is 0 Å². The quantitative estimate of drug-likeness (QED) is 0.713. The zero-order chi connectivity index (χ0) is 9.26. The first-order valence-corrected chi connectivity index (χ1v) is 5.71. The van der Waals surface area contributed by atoms with E-state index < -0.39 is 0 Å². The van der Waals surface area contributed by atoms with Gasteiger partial charge in [-0.3, -0.25) is 0 Å². The van der Waals surface area contributed by atoms with E-state index in [1.807, 2.05) is 0 Å². The number of hydrogen-bond donors (Lipinski definition) is 1. The molecular weight excluding hydrogens is 160 g/mol. The molecule has 13 heavy (non-hydrogen) atoms. The molecule has 2 bridgehead atoms. The molecule has 0 saturated heterocycles. The standard InChI is InChI=1S/C11H22N2/c1-13(6-2-5-12)11-8-9-3-4-10(11)7-9/h9-11H,2-8,12H2,1H3. The largest absolute Gasteiger partial charge is 0.330 e. The summed E-state index contributed by atoms with van der Waals surface area (Å²) >= 11 is 0. The highest BCUT2D eigenvalue weighted by molar-refractivity contribution is 4.94. The van der Waals surface area contributed by atoms with E-state index in [1.54, 1.807) is 0 Å². The Morgan fingerprint density at radius 1 is 1.31 bits per heavy atom. The lowest BCUT2D eigenvalue weighted by molar-refractivity contribution is 0.175. The van der Waals surface area contributed by atoms with Gasteiger partial charge in [0, 0.05) is 6.04 Å². The van der Waals surface area contributed by atoms with Gasteiger partial charge in [0.15, 0.2) is 0 Å². The van der Waals surface area contributed by atoms with Crippen molar-refractivity contribution in [3.63, 3.8) is 0 Å². The first-order valence-electron chi connectivity index (χ1n) is 5.71. The van der Waals surface area contributed by atoms with Crippen molar-refractivity contribution in [3.8, 4) is 0 Å². The molecule has 76 valence electrons. The summed E-state index contributed by atoms with van der Waals surface area (Å²) in [5, 5.41) is 0. The van der Waals surface area contributed by atoms with Crippen LogP contribution in [0.15, 0.2) is 0 Å². The fourth-order valence-electron chi connectivity index (χ4n) is 3.26. The molecule has 0 aromatic heterocycles. The molecule has 0 aromatic carbocycles. The van der Waals surface area contributed by atoms with Crippen molar-refractivity contribution in [1.82, 2.24) is 4.90 Å². The van der Waals surface area contributed by atoms with Gasteiger partial charge in [-0.05, 0) is 57.7 Å². The summed E-state index contributed by atoms with van der Waals surface area (Å²) in [4.78, 5) is 2.55. The van der Waals surface area contributed by atoms with Crippen LogP contribution in [0.5, 0.6) is 0 Å². The van der Waals surface area contributed by atoms with Crippen LogP contribution in [-0.4, -0.2) is 31.1 Å². The molecule has 0 heterocycles. The lowest BCUT2D eigenvalue weighted by Gasteiger charge is -2.31.